The molecule has 1 heteroatoms. The molecule has 0 unspecified atom stereocenters. The molecule has 2 aromatic rings. The molecule has 0 fully saturated rings. The minimum Gasteiger partial charge on any atom is -0.461 e. The van der Waals surface area contributed by atoms with E-state index in [0.29, 0.717) is 5.92 Å². The number of aryl methyl sites for hydroxylation is 2. The number of benzene rings is 1. The highest BCUT2D eigenvalue weighted by Gasteiger charge is 2.17. The molecular formula is C15H18O. The van der Waals surface area contributed by atoms with Crippen LogP contribution in [0.4, 0.5) is 0 Å². The standard InChI is InChI=1S/C15H18O/c1-10(2)11-7-8-15-13(9-11)12-5-3-4-6-14(12)16-15/h7-10H,3-6H2,1-2H3. The summed E-state index contributed by atoms with van der Waals surface area (Å²) >= 11 is 0. The molecule has 0 saturated heterocycles. The lowest BCUT2D eigenvalue weighted by atomic mass is 9.94. The van der Waals surface area contributed by atoms with E-state index in [0.717, 1.165) is 12.0 Å². The lowest BCUT2D eigenvalue weighted by molar-refractivity contribution is 0.506. The first-order chi connectivity index (χ1) is 7.75. The van der Waals surface area contributed by atoms with Crippen molar-refractivity contribution < 1.29 is 4.42 Å². The fraction of sp³-hybridized carbons (Fsp3) is 0.467. The highest BCUT2D eigenvalue weighted by molar-refractivity contribution is 5.83. The summed E-state index contributed by atoms with van der Waals surface area (Å²) in [4.78, 5) is 0. The Morgan fingerprint density at radius 3 is 2.75 bits per heavy atom. The third kappa shape index (κ3) is 1.46. The van der Waals surface area contributed by atoms with E-state index < -0.39 is 0 Å². The van der Waals surface area contributed by atoms with Crippen LogP contribution < -0.4 is 0 Å². The molecule has 0 amide bonds. The second kappa shape index (κ2) is 3.65. The van der Waals surface area contributed by atoms with Crippen LogP contribution in [0.3, 0.4) is 0 Å². The van der Waals surface area contributed by atoms with Crippen LogP contribution >= 0.6 is 0 Å². The van der Waals surface area contributed by atoms with Crippen LogP contribution in [0.2, 0.25) is 0 Å². The Bertz CT molecular complexity index is 519. The summed E-state index contributed by atoms with van der Waals surface area (Å²) in [5, 5.41) is 1.36. The van der Waals surface area contributed by atoms with E-state index in [4.69, 9.17) is 4.42 Å². The van der Waals surface area contributed by atoms with Crippen molar-refractivity contribution in [1.82, 2.24) is 0 Å². The van der Waals surface area contributed by atoms with Crippen LogP contribution in [0.25, 0.3) is 11.0 Å². The number of furan rings is 1. The average Bonchev–Trinajstić information content (AvgIpc) is 2.66. The van der Waals surface area contributed by atoms with Crippen LogP contribution in [-0.2, 0) is 12.8 Å². The minimum absolute atomic E-state index is 0.596. The van der Waals surface area contributed by atoms with Gasteiger partial charge in [-0.2, -0.15) is 0 Å². The Morgan fingerprint density at radius 2 is 1.94 bits per heavy atom. The molecule has 1 heterocycles. The van der Waals surface area contributed by atoms with Crippen molar-refractivity contribution in [2.24, 2.45) is 0 Å². The average molecular weight is 214 g/mol. The van der Waals surface area contributed by atoms with Gasteiger partial charge in [0, 0.05) is 17.4 Å². The predicted molar refractivity (Wildman–Crippen MR) is 66.9 cm³/mol. The van der Waals surface area contributed by atoms with E-state index in [9.17, 15) is 0 Å². The molecule has 3 rings (SSSR count). The van der Waals surface area contributed by atoms with Gasteiger partial charge in [0.05, 0.1) is 0 Å². The SMILES string of the molecule is CC(C)c1ccc2oc3c(c2c1)CCCC3. The largest absolute Gasteiger partial charge is 0.461 e. The van der Waals surface area contributed by atoms with Gasteiger partial charge in [-0.3, -0.25) is 0 Å². The summed E-state index contributed by atoms with van der Waals surface area (Å²) in [5.41, 5.74) is 3.97. The maximum atomic E-state index is 5.93. The Morgan fingerprint density at radius 1 is 1.12 bits per heavy atom. The normalized spacial score (nSPS) is 15.7. The quantitative estimate of drug-likeness (QED) is 0.684. The zero-order valence-corrected chi connectivity index (χ0v) is 10.0. The van der Waals surface area contributed by atoms with Gasteiger partial charge < -0.3 is 4.42 Å². The van der Waals surface area contributed by atoms with Gasteiger partial charge >= 0.3 is 0 Å². The van der Waals surface area contributed by atoms with E-state index in [2.05, 4.69) is 32.0 Å². The molecule has 0 aliphatic heterocycles. The Balaban J connectivity index is 2.21. The molecular weight excluding hydrogens is 196 g/mol. The van der Waals surface area contributed by atoms with Crippen LogP contribution in [0.15, 0.2) is 22.6 Å². The van der Waals surface area contributed by atoms with Gasteiger partial charge in [0.2, 0.25) is 0 Å². The van der Waals surface area contributed by atoms with E-state index >= 15 is 0 Å². The van der Waals surface area contributed by atoms with Crippen LogP contribution in [0.5, 0.6) is 0 Å². The van der Waals surface area contributed by atoms with Crippen LogP contribution in [0, 0.1) is 0 Å². The van der Waals surface area contributed by atoms with Crippen molar-refractivity contribution in [3.05, 3.63) is 35.1 Å². The molecule has 0 bridgehead atoms. The molecule has 0 atom stereocenters. The van der Waals surface area contributed by atoms with Gasteiger partial charge in [0.25, 0.3) is 0 Å². The molecule has 1 aliphatic carbocycles. The second-order valence-electron chi connectivity index (χ2n) is 5.12. The summed E-state index contributed by atoms with van der Waals surface area (Å²) in [6, 6.07) is 6.67. The van der Waals surface area contributed by atoms with Crippen molar-refractivity contribution in [3.63, 3.8) is 0 Å². The third-order valence-corrected chi connectivity index (χ3v) is 3.65. The van der Waals surface area contributed by atoms with Crippen molar-refractivity contribution >= 4 is 11.0 Å². The fourth-order valence-corrected chi connectivity index (χ4v) is 2.64. The summed E-state index contributed by atoms with van der Waals surface area (Å²) in [7, 11) is 0. The number of hydrogen-bond donors (Lipinski definition) is 0. The first-order valence-corrected chi connectivity index (χ1v) is 6.30. The van der Waals surface area contributed by atoms with Crippen molar-refractivity contribution in [2.75, 3.05) is 0 Å². The monoisotopic (exact) mass is 214 g/mol. The van der Waals surface area contributed by atoms with E-state index in [-0.39, 0.29) is 0 Å². The minimum atomic E-state index is 0.596. The summed E-state index contributed by atoms with van der Waals surface area (Å²) in [6.07, 6.45) is 4.92. The van der Waals surface area contributed by atoms with Gasteiger partial charge in [-0.15, -0.1) is 0 Å². The fourth-order valence-electron chi connectivity index (χ4n) is 2.64. The van der Waals surface area contributed by atoms with Crippen LogP contribution in [0.1, 0.15) is 49.5 Å². The smallest absolute Gasteiger partial charge is 0.134 e. The molecule has 0 radical (unpaired) electrons. The Hall–Kier alpha value is -1.24. The molecule has 16 heavy (non-hydrogen) atoms. The number of rotatable bonds is 1. The zero-order chi connectivity index (χ0) is 11.1. The maximum Gasteiger partial charge on any atom is 0.134 e. The second-order valence-corrected chi connectivity index (χ2v) is 5.12. The summed E-state index contributed by atoms with van der Waals surface area (Å²) in [6.45, 7) is 4.49. The number of hydrogen-bond acceptors (Lipinski definition) is 1. The topological polar surface area (TPSA) is 13.1 Å². The van der Waals surface area contributed by atoms with Crippen molar-refractivity contribution in [3.8, 4) is 0 Å². The van der Waals surface area contributed by atoms with E-state index in [1.165, 1.54) is 41.5 Å². The van der Waals surface area contributed by atoms with E-state index in [1.54, 1.807) is 0 Å². The molecule has 1 aromatic carbocycles. The molecule has 1 aromatic heterocycles. The molecule has 0 saturated carbocycles. The first kappa shape index (κ1) is 9.95. The number of fused-ring (bicyclic) bond motifs is 3. The molecule has 0 N–H and O–H groups in total. The molecule has 0 spiro atoms. The Labute approximate surface area is 96.5 Å². The third-order valence-electron chi connectivity index (χ3n) is 3.65. The Kier molecular flexibility index (Phi) is 2.27. The maximum absolute atomic E-state index is 5.93. The van der Waals surface area contributed by atoms with Crippen LogP contribution in [-0.4, -0.2) is 0 Å². The molecule has 1 aliphatic rings. The van der Waals surface area contributed by atoms with Gasteiger partial charge in [-0.1, -0.05) is 19.9 Å². The van der Waals surface area contributed by atoms with Gasteiger partial charge in [0.15, 0.2) is 0 Å². The highest BCUT2D eigenvalue weighted by Crippen LogP contribution is 2.33. The van der Waals surface area contributed by atoms with Gasteiger partial charge in [-0.25, -0.2) is 0 Å². The van der Waals surface area contributed by atoms with Gasteiger partial charge in [0.1, 0.15) is 11.3 Å². The molecule has 1 nitrogen and oxygen atoms in total. The summed E-state index contributed by atoms with van der Waals surface area (Å²) < 4.78 is 5.93. The first-order valence-electron chi connectivity index (χ1n) is 6.30. The molecule has 84 valence electrons. The van der Waals surface area contributed by atoms with E-state index in [1.807, 2.05) is 0 Å². The van der Waals surface area contributed by atoms with Gasteiger partial charge in [-0.05, 0) is 42.9 Å². The predicted octanol–water partition coefficient (Wildman–Crippen LogP) is 4.44. The highest BCUT2D eigenvalue weighted by atomic mass is 16.3. The zero-order valence-electron chi connectivity index (χ0n) is 10.0. The summed E-state index contributed by atoms with van der Waals surface area (Å²) in [5.74, 6) is 1.83. The lowest BCUT2D eigenvalue weighted by Crippen LogP contribution is -1.98. The lowest BCUT2D eigenvalue weighted by Gasteiger charge is -2.09. The van der Waals surface area contributed by atoms with Crippen molar-refractivity contribution in [1.29, 1.82) is 0 Å². The van der Waals surface area contributed by atoms with Crippen molar-refractivity contribution in [2.45, 2.75) is 45.4 Å².